The Morgan fingerprint density at radius 2 is 2.05 bits per heavy atom. The predicted molar refractivity (Wildman–Crippen MR) is 76.8 cm³/mol. The van der Waals surface area contributed by atoms with Gasteiger partial charge in [0.05, 0.1) is 22.0 Å². The largest absolute Gasteiger partial charge is 0.466 e. The maximum Gasteiger partial charge on any atom is 0.313 e. The summed E-state index contributed by atoms with van der Waals surface area (Å²) >= 11 is 2.58. The summed E-state index contributed by atoms with van der Waals surface area (Å²) in [6, 6.07) is 2.02. The van der Waals surface area contributed by atoms with Crippen LogP contribution < -0.4 is 11.5 Å². The van der Waals surface area contributed by atoms with Crippen LogP contribution in [0.2, 0.25) is 0 Å². The minimum atomic E-state index is -0.565. The Bertz CT molecular complexity index is 577. The number of nitriles is 1. The van der Waals surface area contributed by atoms with Gasteiger partial charge in [-0.2, -0.15) is 5.26 Å². The van der Waals surface area contributed by atoms with E-state index >= 15 is 0 Å². The molecule has 0 radical (unpaired) electrons. The molecule has 0 spiro atoms. The first kappa shape index (κ1) is 14.8. The third kappa shape index (κ3) is 2.51. The van der Waals surface area contributed by atoms with Crippen molar-refractivity contribution in [3.8, 4) is 6.07 Å². The second-order valence-electron chi connectivity index (χ2n) is 4.17. The number of ketones is 1. The van der Waals surface area contributed by atoms with Gasteiger partial charge in [-0.3, -0.25) is 9.59 Å². The second-order valence-corrected chi connectivity index (χ2v) is 6.77. The molecular weight excluding hydrogens is 298 g/mol. The average Bonchev–Trinajstić information content (AvgIpc) is 2.88. The van der Waals surface area contributed by atoms with Gasteiger partial charge in [-0.1, -0.05) is 11.8 Å². The molecule has 2 aliphatic heterocycles. The van der Waals surface area contributed by atoms with Crippen molar-refractivity contribution < 1.29 is 14.3 Å². The molecule has 0 saturated carbocycles. The highest BCUT2D eigenvalue weighted by Gasteiger charge is 2.45. The van der Waals surface area contributed by atoms with E-state index in [9.17, 15) is 9.59 Å². The summed E-state index contributed by atoms with van der Waals surface area (Å²) in [5, 5.41) is 8.93. The van der Waals surface area contributed by atoms with Crippen LogP contribution in [0.5, 0.6) is 0 Å². The minimum absolute atomic E-state index is 0.0919. The standard InChI is InChI=1S/C12H13N3O3S2/c1-2-18-7(17)3-5(16)11-10(15)8-9(14)6(4-13)19-12(8)20-11/h8,12H,2-3,14-15H2,1H3. The van der Waals surface area contributed by atoms with Gasteiger partial charge in [0.25, 0.3) is 0 Å². The molecule has 2 atom stereocenters. The van der Waals surface area contributed by atoms with Crippen LogP contribution in [0.3, 0.4) is 0 Å². The van der Waals surface area contributed by atoms with E-state index < -0.39 is 5.97 Å². The van der Waals surface area contributed by atoms with Crippen molar-refractivity contribution in [2.45, 2.75) is 17.9 Å². The number of ether oxygens (including phenoxy) is 1. The van der Waals surface area contributed by atoms with E-state index in [-0.39, 0.29) is 29.3 Å². The van der Waals surface area contributed by atoms with Gasteiger partial charge in [0, 0.05) is 11.4 Å². The van der Waals surface area contributed by atoms with Gasteiger partial charge in [-0.25, -0.2) is 0 Å². The lowest BCUT2D eigenvalue weighted by molar-refractivity contribution is -0.144. The monoisotopic (exact) mass is 311 g/mol. The van der Waals surface area contributed by atoms with E-state index in [1.807, 2.05) is 6.07 Å². The number of hydrogen-bond donors (Lipinski definition) is 2. The zero-order valence-corrected chi connectivity index (χ0v) is 12.3. The summed E-state index contributed by atoms with van der Waals surface area (Å²) in [6.07, 6.45) is -0.324. The zero-order valence-electron chi connectivity index (χ0n) is 10.7. The lowest BCUT2D eigenvalue weighted by Crippen LogP contribution is -2.20. The number of hydrogen-bond acceptors (Lipinski definition) is 8. The molecule has 20 heavy (non-hydrogen) atoms. The molecule has 6 nitrogen and oxygen atoms in total. The van der Waals surface area contributed by atoms with Crippen molar-refractivity contribution in [3.05, 3.63) is 21.2 Å². The molecule has 2 aliphatic rings. The van der Waals surface area contributed by atoms with Crippen LogP contribution in [-0.4, -0.2) is 22.9 Å². The van der Waals surface area contributed by atoms with Crippen molar-refractivity contribution >= 4 is 35.3 Å². The minimum Gasteiger partial charge on any atom is -0.466 e. The van der Waals surface area contributed by atoms with Crippen molar-refractivity contribution in [1.82, 2.24) is 0 Å². The highest BCUT2D eigenvalue weighted by Crippen LogP contribution is 2.55. The number of thioether (sulfide) groups is 2. The molecule has 0 amide bonds. The quantitative estimate of drug-likeness (QED) is 0.578. The van der Waals surface area contributed by atoms with Crippen LogP contribution in [0.1, 0.15) is 13.3 Å². The summed E-state index contributed by atoms with van der Waals surface area (Å²) < 4.78 is 4.65. The normalized spacial score (nSPS) is 24.6. The Balaban J connectivity index is 2.16. The van der Waals surface area contributed by atoms with Crippen LogP contribution >= 0.6 is 23.5 Å². The maximum atomic E-state index is 12.0. The molecule has 0 aromatic rings. The van der Waals surface area contributed by atoms with E-state index in [2.05, 4.69) is 0 Å². The number of Topliss-reactive ketones (excluding diaryl/α,β-unsaturated/α-hetero) is 1. The van der Waals surface area contributed by atoms with Gasteiger partial charge < -0.3 is 16.2 Å². The fraction of sp³-hybridized carbons (Fsp3) is 0.417. The number of carbonyl (C=O) groups is 2. The Kier molecular flexibility index (Phi) is 4.30. The van der Waals surface area contributed by atoms with Crippen molar-refractivity contribution in [1.29, 1.82) is 5.26 Å². The summed E-state index contributed by atoms with van der Waals surface area (Å²) in [4.78, 5) is 24.2. The number of nitrogens with two attached hydrogens (primary N) is 2. The molecule has 0 bridgehead atoms. The summed E-state index contributed by atoms with van der Waals surface area (Å²) in [5.74, 6) is -1.22. The first-order chi connectivity index (χ1) is 9.49. The van der Waals surface area contributed by atoms with Gasteiger partial charge in [-0.05, 0) is 6.92 Å². The maximum absolute atomic E-state index is 12.0. The zero-order chi connectivity index (χ0) is 14.9. The molecule has 0 aromatic heterocycles. The number of allylic oxidation sites excluding steroid dienone is 2. The predicted octanol–water partition coefficient (Wildman–Crippen LogP) is 0.809. The van der Waals surface area contributed by atoms with Crippen LogP contribution in [0, 0.1) is 17.2 Å². The Hall–Kier alpha value is -1.59. The van der Waals surface area contributed by atoms with Gasteiger partial charge in [0.15, 0.2) is 5.78 Å². The molecule has 0 fully saturated rings. The van der Waals surface area contributed by atoms with Crippen LogP contribution in [0.4, 0.5) is 0 Å². The topological polar surface area (TPSA) is 119 Å². The van der Waals surface area contributed by atoms with Crippen molar-refractivity contribution in [3.63, 3.8) is 0 Å². The summed E-state index contributed by atoms with van der Waals surface area (Å²) in [6.45, 7) is 1.91. The molecule has 8 heteroatoms. The smallest absolute Gasteiger partial charge is 0.313 e. The Morgan fingerprint density at radius 3 is 2.60 bits per heavy atom. The molecule has 106 valence electrons. The summed E-state index contributed by atoms with van der Waals surface area (Å²) in [5.41, 5.74) is 12.6. The second kappa shape index (κ2) is 5.81. The molecule has 4 N–H and O–H groups in total. The lowest BCUT2D eigenvalue weighted by Gasteiger charge is -2.09. The van der Waals surface area contributed by atoms with Crippen LogP contribution in [0.25, 0.3) is 0 Å². The number of nitrogens with zero attached hydrogens (tertiary/aromatic N) is 1. The van der Waals surface area contributed by atoms with E-state index in [0.29, 0.717) is 21.2 Å². The highest BCUT2D eigenvalue weighted by atomic mass is 32.2. The van der Waals surface area contributed by atoms with Gasteiger partial charge in [-0.15, -0.1) is 11.8 Å². The molecule has 0 aliphatic carbocycles. The van der Waals surface area contributed by atoms with Gasteiger partial charge in [0.2, 0.25) is 0 Å². The molecule has 0 saturated heterocycles. The van der Waals surface area contributed by atoms with E-state index in [0.717, 1.165) is 0 Å². The fourth-order valence-electron chi connectivity index (χ4n) is 2.01. The summed E-state index contributed by atoms with van der Waals surface area (Å²) in [7, 11) is 0. The number of rotatable bonds is 4. The van der Waals surface area contributed by atoms with Crippen LogP contribution in [-0.2, 0) is 14.3 Å². The highest BCUT2D eigenvalue weighted by molar-refractivity contribution is 8.21. The first-order valence-electron chi connectivity index (χ1n) is 5.91. The number of fused-ring (bicyclic) bond motifs is 1. The number of carbonyl (C=O) groups excluding carboxylic acids is 2. The third-order valence-corrected chi connectivity index (χ3v) is 5.75. The molecule has 2 unspecified atom stereocenters. The molecule has 2 rings (SSSR count). The Morgan fingerprint density at radius 1 is 1.35 bits per heavy atom. The van der Waals surface area contributed by atoms with Crippen LogP contribution in [0.15, 0.2) is 21.2 Å². The fourth-order valence-corrected chi connectivity index (χ4v) is 4.89. The molecular formula is C12H13N3O3S2. The van der Waals surface area contributed by atoms with E-state index in [1.54, 1.807) is 6.92 Å². The molecule has 2 heterocycles. The average molecular weight is 311 g/mol. The molecule has 0 aromatic carbocycles. The van der Waals surface area contributed by atoms with Crippen molar-refractivity contribution in [2.24, 2.45) is 17.4 Å². The third-order valence-electron chi connectivity index (χ3n) is 2.90. The van der Waals surface area contributed by atoms with Crippen molar-refractivity contribution in [2.75, 3.05) is 6.61 Å². The lowest BCUT2D eigenvalue weighted by atomic mass is 10.0. The number of esters is 1. The Labute approximate surface area is 124 Å². The first-order valence-corrected chi connectivity index (χ1v) is 7.67. The van der Waals surface area contributed by atoms with Gasteiger partial charge >= 0.3 is 5.97 Å². The van der Waals surface area contributed by atoms with E-state index in [4.69, 9.17) is 21.5 Å². The SMILES string of the molecule is CCOC(=O)CC(=O)C1=C(N)C2C(N)=C(C#N)SC2S1. The van der Waals surface area contributed by atoms with E-state index in [1.165, 1.54) is 23.5 Å². The van der Waals surface area contributed by atoms with Gasteiger partial charge in [0.1, 0.15) is 17.4 Å².